The molecule has 0 fully saturated rings. The van der Waals surface area contributed by atoms with E-state index >= 15 is 0 Å². The number of ether oxygens (including phenoxy) is 1. The molecule has 5 heteroatoms. The second kappa shape index (κ2) is 9.07. The van der Waals surface area contributed by atoms with Crippen molar-refractivity contribution >= 4 is 22.9 Å². The largest absolute Gasteiger partial charge is 0.380 e. The van der Waals surface area contributed by atoms with Gasteiger partial charge in [0.05, 0.1) is 12.3 Å². The van der Waals surface area contributed by atoms with Gasteiger partial charge < -0.3 is 15.4 Å². The summed E-state index contributed by atoms with van der Waals surface area (Å²) in [4.78, 5) is 12.2. The van der Waals surface area contributed by atoms with Crippen molar-refractivity contribution in [3.63, 3.8) is 0 Å². The van der Waals surface area contributed by atoms with Gasteiger partial charge in [-0.2, -0.15) is 0 Å². The Morgan fingerprint density at radius 2 is 2.21 bits per heavy atom. The molecule has 2 N–H and O–H groups in total. The van der Waals surface area contributed by atoms with Crippen LogP contribution in [0.4, 0.5) is 5.69 Å². The highest BCUT2D eigenvalue weighted by atomic mass is 32.1. The minimum Gasteiger partial charge on any atom is -0.380 e. The number of rotatable bonds is 9. The molecule has 0 bridgehead atoms. The summed E-state index contributed by atoms with van der Waals surface area (Å²) in [5, 5.41) is 8.14. The summed E-state index contributed by atoms with van der Waals surface area (Å²) in [5.41, 5.74) is 0.908. The molecular formula is C14H24N2O2S. The van der Waals surface area contributed by atoms with Crippen molar-refractivity contribution in [2.75, 3.05) is 25.1 Å². The van der Waals surface area contributed by atoms with Gasteiger partial charge in [-0.15, -0.1) is 11.3 Å². The number of amides is 1. The second-order valence-corrected chi connectivity index (χ2v) is 5.91. The van der Waals surface area contributed by atoms with E-state index < -0.39 is 0 Å². The van der Waals surface area contributed by atoms with Crippen LogP contribution in [0, 0.1) is 5.92 Å². The van der Waals surface area contributed by atoms with Gasteiger partial charge in [-0.25, -0.2) is 0 Å². The van der Waals surface area contributed by atoms with Crippen LogP contribution in [0.5, 0.6) is 0 Å². The number of hydrogen-bond acceptors (Lipinski definition) is 4. The molecule has 0 atom stereocenters. The van der Waals surface area contributed by atoms with Gasteiger partial charge in [0, 0.05) is 31.5 Å². The Bertz CT molecular complexity index is 377. The molecule has 1 heterocycles. The van der Waals surface area contributed by atoms with Gasteiger partial charge in [0.15, 0.2) is 0 Å². The third kappa shape index (κ3) is 7.30. The number of carbonyl (C=O) groups excluding carboxylic acids is 1. The van der Waals surface area contributed by atoms with E-state index in [9.17, 15) is 4.79 Å². The lowest BCUT2D eigenvalue weighted by atomic mass is 10.1. The van der Waals surface area contributed by atoms with E-state index in [1.807, 2.05) is 11.4 Å². The molecular weight excluding hydrogens is 260 g/mol. The fourth-order valence-corrected chi connectivity index (χ4v) is 2.35. The van der Waals surface area contributed by atoms with Crippen LogP contribution in [0.3, 0.4) is 0 Å². The summed E-state index contributed by atoms with van der Waals surface area (Å²) in [7, 11) is 0. The molecule has 1 rings (SSSR count). The normalized spacial score (nSPS) is 10.9. The van der Waals surface area contributed by atoms with Crippen LogP contribution in [0.25, 0.3) is 0 Å². The number of carbonyl (C=O) groups is 1. The van der Waals surface area contributed by atoms with Crippen molar-refractivity contribution in [3.8, 4) is 0 Å². The van der Waals surface area contributed by atoms with Gasteiger partial charge >= 0.3 is 0 Å². The number of nitrogens with one attached hydrogen (secondary N) is 2. The first-order valence-corrected chi connectivity index (χ1v) is 7.60. The summed E-state index contributed by atoms with van der Waals surface area (Å²) < 4.78 is 5.53. The lowest BCUT2D eigenvalue weighted by Gasteiger charge is -2.08. The molecule has 0 spiro atoms. The SMILES string of the molecule is CC(=O)Nc1ccsc1CNCCOCCC(C)C. The molecule has 0 aliphatic heterocycles. The van der Waals surface area contributed by atoms with Gasteiger partial charge in [-0.05, 0) is 23.8 Å². The Hall–Kier alpha value is -0.910. The van der Waals surface area contributed by atoms with Crippen molar-refractivity contribution < 1.29 is 9.53 Å². The highest BCUT2D eigenvalue weighted by Crippen LogP contribution is 2.21. The Balaban J connectivity index is 2.12. The van der Waals surface area contributed by atoms with E-state index in [0.717, 1.165) is 43.3 Å². The molecule has 0 saturated heterocycles. The van der Waals surface area contributed by atoms with Crippen LogP contribution >= 0.6 is 11.3 Å². The molecule has 1 amide bonds. The summed E-state index contributed by atoms with van der Waals surface area (Å²) in [6.45, 7) is 9.07. The van der Waals surface area contributed by atoms with E-state index in [1.165, 1.54) is 6.92 Å². The summed E-state index contributed by atoms with van der Waals surface area (Å²) >= 11 is 1.65. The highest BCUT2D eigenvalue weighted by Gasteiger charge is 2.04. The summed E-state index contributed by atoms with van der Waals surface area (Å²) in [6.07, 6.45) is 1.11. The van der Waals surface area contributed by atoms with Gasteiger partial charge in [0.2, 0.25) is 5.91 Å². The Kier molecular flexibility index (Phi) is 7.70. The van der Waals surface area contributed by atoms with E-state index in [2.05, 4.69) is 24.5 Å². The Morgan fingerprint density at radius 3 is 2.89 bits per heavy atom. The van der Waals surface area contributed by atoms with Crippen LogP contribution in [0.15, 0.2) is 11.4 Å². The summed E-state index contributed by atoms with van der Waals surface area (Å²) in [6, 6.07) is 1.93. The quantitative estimate of drug-likeness (QED) is 0.686. The molecule has 0 unspecified atom stereocenters. The average molecular weight is 284 g/mol. The molecule has 0 saturated carbocycles. The van der Waals surface area contributed by atoms with Crippen molar-refractivity contribution in [2.45, 2.75) is 33.7 Å². The van der Waals surface area contributed by atoms with E-state index in [1.54, 1.807) is 11.3 Å². The predicted octanol–water partition coefficient (Wildman–Crippen LogP) is 2.86. The van der Waals surface area contributed by atoms with Crippen LogP contribution < -0.4 is 10.6 Å². The first kappa shape index (κ1) is 16.1. The lowest BCUT2D eigenvalue weighted by Crippen LogP contribution is -2.20. The third-order valence-corrected chi connectivity index (χ3v) is 3.53. The van der Waals surface area contributed by atoms with Crippen molar-refractivity contribution in [3.05, 3.63) is 16.3 Å². The molecule has 0 aliphatic carbocycles. The average Bonchev–Trinajstić information content (AvgIpc) is 2.74. The van der Waals surface area contributed by atoms with Crippen LogP contribution in [-0.4, -0.2) is 25.7 Å². The minimum absolute atomic E-state index is 0.0309. The Labute approximate surface area is 119 Å². The van der Waals surface area contributed by atoms with E-state index in [4.69, 9.17) is 4.74 Å². The highest BCUT2D eigenvalue weighted by molar-refractivity contribution is 7.10. The number of thiophene rings is 1. The maximum absolute atomic E-state index is 11.0. The number of hydrogen-bond donors (Lipinski definition) is 2. The molecule has 19 heavy (non-hydrogen) atoms. The maximum atomic E-state index is 11.0. The van der Waals surface area contributed by atoms with Crippen LogP contribution in [0.1, 0.15) is 32.1 Å². The molecule has 108 valence electrons. The minimum atomic E-state index is -0.0309. The van der Waals surface area contributed by atoms with Crippen molar-refractivity contribution in [1.29, 1.82) is 0 Å². The molecule has 4 nitrogen and oxygen atoms in total. The molecule has 0 radical (unpaired) electrons. The van der Waals surface area contributed by atoms with E-state index in [-0.39, 0.29) is 5.91 Å². The zero-order valence-electron chi connectivity index (χ0n) is 12.0. The van der Waals surface area contributed by atoms with Crippen molar-refractivity contribution in [1.82, 2.24) is 5.32 Å². The lowest BCUT2D eigenvalue weighted by molar-refractivity contribution is -0.114. The summed E-state index contributed by atoms with van der Waals surface area (Å²) in [5.74, 6) is 0.663. The second-order valence-electron chi connectivity index (χ2n) is 4.91. The Morgan fingerprint density at radius 1 is 1.42 bits per heavy atom. The molecule has 1 aromatic rings. The molecule has 1 aromatic heterocycles. The predicted molar refractivity (Wildman–Crippen MR) is 80.6 cm³/mol. The first-order chi connectivity index (χ1) is 9.09. The van der Waals surface area contributed by atoms with Crippen molar-refractivity contribution in [2.24, 2.45) is 5.92 Å². The maximum Gasteiger partial charge on any atom is 0.221 e. The third-order valence-electron chi connectivity index (χ3n) is 2.60. The first-order valence-electron chi connectivity index (χ1n) is 6.72. The monoisotopic (exact) mass is 284 g/mol. The molecule has 0 aliphatic rings. The standard InChI is InChI=1S/C14H24N2O2S/c1-11(2)4-7-18-8-6-15-10-14-13(5-9-19-14)16-12(3)17/h5,9,11,15H,4,6-8,10H2,1-3H3,(H,16,17). The van der Waals surface area contributed by atoms with Gasteiger partial charge in [0.1, 0.15) is 0 Å². The zero-order valence-corrected chi connectivity index (χ0v) is 12.8. The van der Waals surface area contributed by atoms with Crippen LogP contribution in [-0.2, 0) is 16.1 Å². The van der Waals surface area contributed by atoms with Gasteiger partial charge in [-0.3, -0.25) is 4.79 Å². The zero-order chi connectivity index (χ0) is 14.1. The molecule has 0 aromatic carbocycles. The number of anilines is 1. The fraction of sp³-hybridized carbons (Fsp3) is 0.643. The van der Waals surface area contributed by atoms with Crippen LogP contribution in [0.2, 0.25) is 0 Å². The van der Waals surface area contributed by atoms with E-state index in [0.29, 0.717) is 5.92 Å². The smallest absolute Gasteiger partial charge is 0.221 e. The van der Waals surface area contributed by atoms with Gasteiger partial charge in [-0.1, -0.05) is 13.8 Å². The fourth-order valence-electron chi connectivity index (χ4n) is 1.55. The van der Waals surface area contributed by atoms with Gasteiger partial charge in [0.25, 0.3) is 0 Å². The topological polar surface area (TPSA) is 50.4 Å².